The number of carbonyl (C=O) groups is 1. The highest BCUT2D eigenvalue weighted by Gasteiger charge is 2.38. The molecule has 0 fully saturated rings. The number of nitrogens with zero attached hydrogens (tertiary/aromatic N) is 1. The molecule has 0 spiro atoms. The topological polar surface area (TPSA) is 84.9 Å². The van der Waals surface area contributed by atoms with E-state index in [1.54, 1.807) is 41.3 Å². The van der Waals surface area contributed by atoms with E-state index in [0.29, 0.717) is 23.7 Å². The lowest BCUT2D eigenvalue weighted by Crippen LogP contribution is -2.43. The van der Waals surface area contributed by atoms with Gasteiger partial charge in [0.05, 0.1) is 23.9 Å². The van der Waals surface area contributed by atoms with Crippen LogP contribution < -0.4 is 19.1 Å². The van der Waals surface area contributed by atoms with Gasteiger partial charge >= 0.3 is 0 Å². The molecule has 0 saturated carbocycles. The number of carbonyl (C=O) groups excluding carboxylic acids is 1. The van der Waals surface area contributed by atoms with Crippen molar-refractivity contribution in [2.45, 2.75) is 39.5 Å². The number of sulfonamides is 1. The lowest BCUT2D eigenvalue weighted by Gasteiger charge is -2.29. The summed E-state index contributed by atoms with van der Waals surface area (Å²) < 4.78 is 39.9. The third kappa shape index (κ3) is 4.79. The van der Waals surface area contributed by atoms with E-state index in [9.17, 15) is 13.2 Å². The number of fused-ring (bicyclic) bond motifs is 1. The molecule has 1 N–H and O–H groups in total. The van der Waals surface area contributed by atoms with E-state index in [0.717, 1.165) is 5.56 Å². The average molecular weight is 447 g/mol. The Balaban J connectivity index is 2.03. The van der Waals surface area contributed by atoms with Crippen molar-refractivity contribution < 1.29 is 22.7 Å². The number of hydrogen-bond acceptors (Lipinski definition) is 5. The summed E-state index contributed by atoms with van der Waals surface area (Å²) in [6, 6.07) is 9.95. The number of rotatable bonds is 6. The van der Waals surface area contributed by atoms with Gasteiger partial charge in [-0.15, -0.1) is 0 Å². The molecular formula is C23H30N2O5S. The molecule has 2 aromatic carbocycles. The van der Waals surface area contributed by atoms with Crippen molar-refractivity contribution in [2.24, 2.45) is 11.3 Å². The van der Waals surface area contributed by atoms with Gasteiger partial charge in [-0.1, -0.05) is 19.9 Å². The molecule has 1 heterocycles. The lowest BCUT2D eigenvalue weighted by molar-refractivity contribution is -0.127. The zero-order valence-electron chi connectivity index (χ0n) is 18.9. The van der Waals surface area contributed by atoms with E-state index >= 15 is 0 Å². The molecule has 2 aromatic rings. The minimum atomic E-state index is -3.91. The number of methoxy groups -OCH3 is 1. The first-order chi connectivity index (χ1) is 14.4. The third-order valence-electron chi connectivity index (χ3n) is 5.07. The van der Waals surface area contributed by atoms with Crippen LogP contribution in [0.15, 0.2) is 41.3 Å². The fourth-order valence-electron chi connectivity index (χ4n) is 3.46. The summed E-state index contributed by atoms with van der Waals surface area (Å²) in [5, 5.41) is 0. The Morgan fingerprint density at radius 3 is 2.55 bits per heavy atom. The molecule has 0 atom stereocenters. The Morgan fingerprint density at radius 1 is 1.19 bits per heavy atom. The number of amides is 1. The van der Waals surface area contributed by atoms with Crippen molar-refractivity contribution >= 4 is 27.3 Å². The first-order valence-corrected chi connectivity index (χ1v) is 11.7. The van der Waals surface area contributed by atoms with Gasteiger partial charge in [0.25, 0.3) is 10.0 Å². The van der Waals surface area contributed by atoms with E-state index < -0.39 is 15.4 Å². The van der Waals surface area contributed by atoms with Crippen molar-refractivity contribution in [2.75, 3.05) is 29.9 Å². The highest BCUT2D eigenvalue weighted by atomic mass is 32.2. The van der Waals surface area contributed by atoms with Gasteiger partial charge in [-0.25, -0.2) is 8.42 Å². The maximum Gasteiger partial charge on any atom is 0.265 e. The Bertz CT molecular complexity index is 1090. The molecule has 0 bridgehead atoms. The van der Waals surface area contributed by atoms with Gasteiger partial charge in [-0.3, -0.25) is 9.52 Å². The second-order valence-corrected chi connectivity index (χ2v) is 10.6. The predicted octanol–water partition coefficient (Wildman–Crippen LogP) is 4.21. The molecule has 0 aliphatic carbocycles. The second kappa shape index (κ2) is 8.42. The van der Waals surface area contributed by atoms with Crippen LogP contribution in [0.4, 0.5) is 11.4 Å². The minimum Gasteiger partial charge on any atom is -0.495 e. The quantitative estimate of drug-likeness (QED) is 0.718. The normalized spacial score (nSPS) is 15.8. The standard InChI is InChI=1S/C23H30N2O5S/c1-15(2)13-25-18-12-17(8-10-19(18)30-14-23(4,5)22(25)26)24-31(27,28)21-11-16(3)7-9-20(21)29-6/h7-12,15,24H,13-14H2,1-6H3. The number of hydrogen-bond donors (Lipinski definition) is 1. The maximum absolute atomic E-state index is 13.2. The SMILES string of the molecule is COc1ccc(C)cc1S(=O)(=O)Nc1ccc2c(c1)N(CC(C)C)C(=O)C(C)(C)CO2. The molecule has 0 radical (unpaired) electrons. The van der Waals surface area contributed by atoms with Crippen molar-refractivity contribution in [1.29, 1.82) is 0 Å². The predicted molar refractivity (Wildman–Crippen MR) is 121 cm³/mol. The van der Waals surface area contributed by atoms with Crippen LogP contribution in [0.1, 0.15) is 33.3 Å². The van der Waals surface area contributed by atoms with Crippen molar-refractivity contribution in [1.82, 2.24) is 0 Å². The summed E-state index contributed by atoms with van der Waals surface area (Å²) in [4.78, 5) is 14.9. The third-order valence-corrected chi connectivity index (χ3v) is 6.47. The molecule has 1 aliphatic heterocycles. The van der Waals surface area contributed by atoms with E-state index in [4.69, 9.17) is 9.47 Å². The van der Waals surface area contributed by atoms with Gasteiger partial charge in [-0.2, -0.15) is 0 Å². The first-order valence-electron chi connectivity index (χ1n) is 10.2. The maximum atomic E-state index is 13.2. The fraction of sp³-hybridized carbons (Fsp3) is 0.435. The van der Waals surface area contributed by atoms with Gasteiger partial charge in [0, 0.05) is 6.54 Å². The van der Waals surface area contributed by atoms with E-state index in [2.05, 4.69) is 4.72 Å². The summed E-state index contributed by atoms with van der Waals surface area (Å²) in [7, 11) is -2.48. The summed E-state index contributed by atoms with van der Waals surface area (Å²) in [5.74, 6) is 0.980. The molecule has 1 amide bonds. The second-order valence-electron chi connectivity index (χ2n) is 8.92. The zero-order chi connectivity index (χ0) is 23.0. The van der Waals surface area contributed by atoms with E-state index in [1.807, 2.05) is 34.6 Å². The molecule has 3 rings (SSSR count). The zero-order valence-corrected chi connectivity index (χ0v) is 19.7. The number of aryl methyl sites for hydroxylation is 1. The van der Waals surface area contributed by atoms with Crippen LogP contribution in [0.5, 0.6) is 11.5 Å². The van der Waals surface area contributed by atoms with Gasteiger partial charge in [0.15, 0.2) is 0 Å². The number of ether oxygens (including phenoxy) is 2. The molecule has 0 saturated heterocycles. The van der Waals surface area contributed by atoms with E-state index in [-0.39, 0.29) is 29.1 Å². The van der Waals surface area contributed by atoms with Gasteiger partial charge in [-0.05, 0) is 62.6 Å². The molecule has 0 unspecified atom stereocenters. The number of nitrogens with one attached hydrogen (secondary N) is 1. The van der Waals surface area contributed by atoms with Crippen LogP contribution in [0.25, 0.3) is 0 Å². The summed E-state index contributed by atoms with van der Waals surface area (Å²) >= 11 is 0. The van der Waals surface area contributed by atoms with Crippen LogP contribution in [-0.2, 0) is 14.8 Å². The Labute approximate surface area is 184 Å². The highest BCUT2D eigenvalue weighted by molar-refractivity contribution is 7.92. The van der Waals surface area contributed by atoms with Crippen LogP contribution in [-0.4, -0.2) is 34.6 Å². The minimum absolute atomic E-state index is 0.0532. The highest BCUT2D eigenvalue weighted by Crippen LogP contribution is 2.39. The largest absolute Gasteiger partial charge is 0.495 e. The molecule has 0 aromatic heterocycles. The molecule has 168 valence electrons. The molecule has 1 aliphatic rings. The molecule has 31 heavy (non-hydrogen) atoms. The van der Waals surface area contributed by atoms with Crippen LogP contribution in [0, 0.1) is 18.3 Å². The Hall–Kier alpha value is -2.74. The van der Waals surface area contributed by atoms with Crippen LogP contribution >= 0.6 is 0 Å². The smallest absolute Gasteiger partial charge is 0.265 e. The molecule has 8 heteroatoms. The fourth-order valence-corrected chi connectivity index (χ4v) is 4.76. The number of anilines is 2. The summed E-state index contributed by atoms with van der Waals surface area (Å²) in [6.07, 6.45) is 0. The van der Waals surface area contributed by atoms with Crippen molar-refractivity contribution in [3.63, 3.8) is 0 Å². The van der Waals surface area contributed by atoms with Gasteiger partial charge in [0.1, 0.15) is 23.0 Å². The lowest BCUT2D eigenvalue weighted by atomic mass is 9.92. The van der Waals surface area contributed by atoms with Gasteiger partial charge < -0.3 is 14.4 Å². The van der Waals surface area contributed by atoms with Crippen molar-refractivity contribution in [3.8, 4) is 11.5 Å². The van der Waals surface area contributed by atoms with Crippen LogP contribution in [0.3, 0.4) is 0 Å². The summed E-state index contributed by atoms with van der Waals surface area (Å²) in [5.41, 5.74) is 1.00. The first kappa shape index (κ1) is 22.9. The van der Waals surface area contributed by atoms with Crippen molar-refractivity contribution in [3.05, 3.63) is 42.0 Å². The van der Waals surface area contributed by atoms with Gasteiger partial charge in [0.2, 0.25) is 5.91 Å². The average Bonchev–Trinajstić information content (AvgIpc) is 2.78. The number of benzene rings is 2. The monoisotopic (exact) mass is 446 g/mol. The van der Waals surface area contributed by atoms with E-state index in [1.165, 1.54) is 7.11 Å². The van der Waals surface area contributed by atoms with Crippen LogP contribution in [0.2, 0.25) is 0 Å². The molecule has 7 nitrogen and oxygen atoms in total. The summed E-state index contributed by atoms with van der Waals surface area (Å²) in [6.45, 7) is 10.3. The Morgan fingerprint density at radius 2 is 1.90 bits per heavy atom. The Kier molecular flexibility index (Phi) is 6.23. The molecular weight excluding hydrogens is 416 g/mol.